The van der Waals surface area contributed by atoms with E-state index in [2.05, 4.69) is 18.1 Å². The fourth-order valence-corrected chi connectivity index (χ4v) is 5.29. The van der Waals surface area contributed by atoms with Gasteiger partial charge in [0.1, 0.15) is 10.9 Å². The summed E-state index contributed by atoms with van der Waals surface area (Å²) >= 11 is 0. The summed E-state index contributed by atoms with van der Waals surface area (Å²) in [5, 5.41) is 9.11. The highest BCUT2D eigenvalue weighted by molar-refractivity contribution is 6.58. The Kier molecular flexibility index (Phi) is 5.22. The first-order valence-corrected chi connectivity index (χ1v) is 11.6. The second-order valence-corrected chi connectivity index (χ2v) is 11.6. The van der Waals surface area contributed by atoms with Crippen molar-refractivity contribution >= 4 is 8.80 Å². The standard InChI is InChI=1S/C17H30N2O5Si/c1-11-9-19(14(22)18-13(11)21)17(25(6)7)8-12(23-15(2,3)4)16(5,10-20)24-17/h9,12,20,25H,8,10H2,1-7H3,(H,18,21,22)/t12-,16+,17-/m0/s1. The second kappa shape index (κ2) is 6.50. The lowest BCUT2D eigenvalue weighted by Crippen LogP contribution is -2.53. The van der Waals surface area contributed by atoms with Crippen molar-refractivity contribution in [3.63, 3.8) is 0 Å². The van der Waals surface area contributed by atoms with E-state index in [9.17, 15) is 14.7 Å². The van der Waals surface area contributed by atoms with Crippen molar-refractivity contribution in [2.24, 2.45) is 0 Å². The predicted octanol–water partition coefficient (Wildman–Crippen LogP) is 0.879. The topological polar surface area (TPSA) is 93.6 Å². The molecular formula is C17H30N2O5Si. The predicted molar refractivity (Wildman–Crippen MR) is 98.7 cm³/mol. The van der Waals surface area contributed by atoms with Crippen LogP contribution in [0, 0.1) is 6.92 Å². The minimum atomic E-state index is -1.62. The molecule has 8 heteroatoms. The Labute approximate surface area is 149 Å². The van der Waals surface area contributed by atoms with Crippen molar-refractivity contribution in [3.05, 3.63) is 32.6 Å². The van der Waals surface area contributed by atoms with Crippen molar-refractivity contribution < 1.29 is 14.6 Å². The van der Waals surface area contributed by atoms with Gasteiger partial charge in [-0.2, -0.15) is 0 Å². The largest absolute Gasteiger partial charge is 0.393 e. The number of nitrogens with zero attached hydrogens (tertiary/aromatic N) is 1. The van der Waals surface area contributed by atoms with E-state index in [4.69, 9.17) is 9.47 Å². The second-order valence-electron chi connectivity index (χ2n) is 8.44. The number of H-pyrrole nitrogens is 1. The van der Waals surface area contributed by atoms with Crippen molar-refractivity contribution in [1.29, 1.82) is 0 Å². The molecule has 0 aliphatic carbocycles. The normalized spacial score (nSPS) is 30.2. The number of hydrogen-bond donors (Lipinski definition) is 2. The van der Waals surface area contributed by atoms with Crippen LogP contribution in [-0.4, -0.2) is 47.4 Å². The summed E-state index contributed by atoms with van der Waals surface area (Å²) < 4.78 is 14.1. The third-order valence-electron chi connectivity index (χ3n) is 4.81. The van der Waals surface area contributed by atoms with Gasteiger partial charge in [-0.15, -0.1) is 0 Å². The average Bonchev–Trinajstić information content (AvgIpc) is 2.76. The molecule has 2 rings (SSSR count). The molecule has 1 aliphatic rings. The van der Waals surface area contributed by atoms with Gasteiger partial charge in [0.2, 0.25) is 0 Å². The van der Waals surface area contributed by atoms with Crippen LogP contribution >= 0.6 is 0 Å². The molecule has 142 valence electrons. The average molecular weight is 371 g/mol. The molecule has 2 heterocycles. The Morgan fingerprint density at radius 2 is 2.04 bits per heavy atom. The molecule has 0 saturated carbocycles. The maximum absolute atomic E-state index is 12.5. The molecule has 1 aromatic rings. The molecule has 0 unspecified atom stereocenters. The first kappa shape index (κ1) is 20.1. The molecule has 0 radical (unpaired) electrons. The van der Waals surface area contributed by atoms with Gasteiger partial charge in [-0.25, -0.2) is 4.79 Å². The van der Waals surface area contributed by atoms with E-state index in [1.807, 2.05) is 27.7 Å². The lowest BCUT2D eigenvalue weighted by Gasteiger charge is -2.37. The van der Waals surface area contributed by atoms with Crippen LogP contribution < -0.4 is 11.2 Å². The van der Waals surface area contributed by atoms with Crippen molar-refractivity contribution in [2.75, 3.05) is 6.61 Å². The summed E-state index contributed by atoms with van der Waals surface area (Å²) in [7, 11) is -1.62. The molecular weight excluding hydrogens is 340 g/mol. The van der Waals surface area contributed by atoms with Crippen LogP contribution in [0.1, 0.15) is 39.7 Å². The molecule has 2 N–H and O–H groups in total. The zero-order valence-electron chi connectivity index (χ0n) is 16.2. The number of aromatic nitrogens is 2. The molecule has 1 saturated heterocycles. The van der Waals surface area contributed by atoms with Gasteiger partial charge in [0, 0.05) is 18.2 Å². The van der Waals surface area contributed by atoms with Crippen LogP contribution in [0.3, 0.4) is 0 Å². The number of nitrogens with one attached hydrogen (secondary N) is 1. The van der Waals surface area contributed by atoms with Crippen LogP contribution in [0.2, 0.25) is 13.1 Å². The molecule has 0 spiro atoms. The smallest absolute Gasteiger partial charge is 0.330 e. The van der Waals surface area contributed by atoms with E-state index >= 15 is 0 Å². The van der Waals surface area contributed by atoms with Crippen LogP contribution in [0.15, 0.2) is 15.8 Å². The number of aliphatic hydroxyl groups excluding tert-OH is 1. The molecule has 0 bridgehead atoms. The number of rotatable bonds is 4. The highest BCUT2D eigenvalue weighted by atomic mass is 28.3. The number of hydrogen-bond acceptors (Lipinski definition) is 5. The molecule has 0 aromatic carbocycles. The first-order valence-electron chi connectivity index (χ1n) is 8.66. The summed E-state index contributed by atoms with van der Waals surface area (Å²) in [6, 6.07) is 0. The van der Waals surface area contributed by atoms with Gasteiger partial charge < -0.3 is 14.6 Å². The van der Waals surface area contributed by atoms with Gasteiger partial charge in [-0.1, -0.05) is 13.1 Å². The molecule has 1 aliphatic heterocycles. The molecule has 0 amide bonds. The number of ether oxygens (including phenoxy) is 2. The molecule has 1 aromatic heterocycles. The Bertz CT molecular complexity index is 751. The quantitative estimate of drug-likeness (QED) is 0.768. The summed E-state index contributed by atoms with van der Waals surface area (Å²) in [6.45, 7) is 13.3. The van der Waals surface area contributed by atoms with E-state index in [1.54, 1.807) is 13.1 Å². The molecule has 1 fully saturated rings. The molecule has 25 heavy (non-hydrogen) atoms. The van der Waals surface area contributed by atoms with Gasteiger partial charge in [-0.05, 0) is 34.6 Å². The van der Waals surface area contributed by atoms with Gasteiger partial charge in [0.05, 0.1) is 27.1 Å². The summed E-state index contributed by atoms with van der Waals surface area (Å²) in [5.74, 6) is 0. The highest BCUT2D eigenvalue weighted by Gasteiger charge is 2.57. The van der Waals surface area contributed by atoms with E-state index in [0.717, 1.165) is 0 Å². The third-order valence-corrected chi connectivity index (χ3v) is 7.24. The van der Waals surface area contributed by atoms with E-state index < -0.39 is 36.6 Å². The number of aromatic amines is 1. The Balaban J connectivity index is 2.61. The Morgan fingerprint density at radius 3 is 2.52 bits per heavy atom. The minimum absolute atomic E-state index is 0.215. The maximum Gasteiger partial charge on any atom is 0.330 e. The van der Waals surface area contributed by atoms with Crippen LogP contribution in [0.5, 0.6) is 0 Å². The van der Waals surface area contributed by atoms with Crippen LogP contribution in [0.4, 0.5) is 0 Å². The SMILES string of the molecule is Cc1cn([C@@]2([SiH](C)C)C[C@H](OC(C)(C)C)[C@@](C)(CO)O2)c(=O)[nH]c1=O. The summed E-state index contributed by atoms with van der Waals surface area (Å²) in [6.07, 6.45) is 1.65. The fourth-order valence-electron chi connectivity index (χ4n) is 3.35. The van der Waals surface area contributed by atoms with Gasteiger partial charge in [0.15, 0.2) is 0 Å². The van der Waals surface area contributed by atoms with Crippen LogP contribution in [0.25, 0.3) is 0 Å². The monoisotopic (exact) mass is 370 g/mol. The fraction of sp³-hybridized carbons (Fsp3) is 0.765. The van der Waals surface area contributed by atoms with E-state index in [0.29, 0.717) is 12.0 Å². The number of aliphatic hydroxyl groups is 1. The van der Waals surface area contributed by atoms with Crippen molar-refractivity contribution in [3.8, 4) is 0 Å². The zero-order chi connectivity index (χ0) is 19.2. The van der Waals surface area contributed by atoms with Gasteiger partial charge in [0.25, 0.3) is 5.56 Å². The number of aryl methyl sites for hydroxylation is 1. The lowest BCUT2D eigenvalue weighted by atomic mass is 9.99. The zero-order valence-corrected chi connectivity index (χ0v) is 17.3. The third kappa shape index (κ3) is 3.67. The Morgan fingerprint density at radius 1 is 1.44 bits per heavy atom. The van der Waals surface area contributed by atoms with Crippen LogP contribution in [-0.2, 0) is 14.8 Å². The lowest BCUT2D eigenvalue weighted by molar-refractivity contribution is -0.167. The van der Waals surface area contributed by atoms with Gasteiger partial charge in [-0.3, -0.25) is 14.3 Å². The molecule has 7 nitrogen and oxygen atoms in total. The van der Waals surface area contributed by atoms with Crippen molar-refractivity contribution in [1.82, 2.24) is 9.55 Å². The van der Waals surface area contributed by atoms with E-state index in [-0.39, 0.29) is 12.7 Å². The maximum atomic E-state index is 12.5. The van der Waals surface area contributed by atoms with E-state index in [1.165, 1.54) is 4.57 Å². The van der Waals surface area contributed by atoms with Crippen molar-refractivity contribution in [2.45, 2.75) is 76.8 Å². The summed E-state index contributed by atoms with van der Waals surface area (Å²) in [4.78, 5) is 26.6. The minimum Gasteiger partial charge on any atom is -0.393 e. The molecule has 3 atom stereocenters. The Hall–Kier alpha value is -1.22. The van der Waals surface area contributed by atoms with Gasteiger partial charge >= 0.3 is 5.69 Å². The first-order chi connectivity index (χ1) is 11.3. The summed E-state index contributed by atoms with van der Waals surface area (Å²) in [5.41, 5.74) is -1.78. The highest BCUT2D eigenvalue weighted by Crippen LogP contribution is 2.45.